The summed E-state index contributed by atoms with van der Waals surface area (Å²) in [6.07, 6.45) is 1.76. The van der Waals surface area contributed by atoms with Gasteiger partial charge in [0.1, 0.15) is 17.6 Å². The van der Waals surface area contributed by atoms with Crippen LogP contribution in [0.15, 0.2) is 89.5 Å². The summed E-state index contributed by atoms with van der Waals surface area (Å²) in [5.74, 6) is 0.301. The summed E-state index contributed by atoms with van der Waals surface area (Å²) in [6.45, 7) is 0. The van der Waals surface area contributed by atoms with Gasteiger partial charge in [-0.3, -0.25) is 4.98 Å². The molecule has 8 heteroatoms. The largest absolute Gasteiger partial charge is 0.478 e. The predicted octanol–water partition coefficient (Wildman–Crippen LogP) is 5.28. The van der Waals surface area contributed by atoms with E-state index in [2.05, 4.69) is 10.3 Å². The summed E-state index contributed by atoms with van der Waals surface area (Å²) in [5, 5.41) is 13.4. The molecule has 0 spiro atoms. The highest BCUT2D eigenvalue weighted by atomic mass is 32.1. The van der Waals surface area contributed by atoms with E-state index in [-0.39, 0.29) is 17.6 Å². The molecule has 0 radical (unpaired) electrons. The number of thiocarbonyl (C=S) groups is 1. The third-order valence-electron chi connectivity index (χ3n) is 6.05. The first-order chi connectivity index (χ1) is 16.9. The fourth-order valence-electron chi connectivity index (χ4n) is 4.31. The molecule has 0 saturated carbocycles. The highest BCUT2D eigenvalue weighted by Crippen LogP contribution is 2.43. The van der Waals surface area contributed by atoms with Gasteiger partial charge in [0.25, 0.3) is 0 Å². The van der Waals surface area contributed by atoms with E-state index in [1.54, 1.807) is 24.4 Å². The first-order valence-electron chi connectivity index (χ1n) is 11.1. The summed E-state index contributed by atoms with van der Waals surface area (Å²) in [4.78, 5) is 20.1. The third-order valence-corrected chi connectivity index (χ3v) is 6.37. The van der Waals surface area contributed by atoms with E-state index in [9.17, 15) is 9.90 Å². The van der Waals surface area contributed by atoms with Gasteiger partial charge >= 0.3 is 5.97 Å². The number of anilines is 2. The maximum Gasteiger partial charge on any atom is 0.335 e. The van der Waals surface area contributed by atoms with Gasteiger partial charge in [0, 0.05) is 37.2 Å². The van der Waals surface area contributed by atoms with Crippen molar-refractivity contribution in [2.24, 2.45) is 0 Å². The van der Waals surface area contributed by atoms with Crippen LogP contribution in [0.4, 0.5) is 11.4 Å². The van der Waals surface area contributed by atoms with Crippen LogP contribution in [0.3, 0.4) is 0 Å². The zero-order valence-electron chi connectivity index (χ0n) is 19.3. The molecule has 0 aliphatic carbocycles. The summed E-state index contributed by atoms with van der Waals surface area (Å²) in [6, 6.07) is 23.9. The molecule has 1 aliphatic heterocycles. The molecule has 4 aromatic rings. The number of carboxylic acid groups (broad SMARTS) is 1. The molecule has 0 unspecified atom stereocenters. The van der Waals surface area contributed by atoms with Crippen molar-refractivity contribution in [2.75, 3.05) is 23.9 Å². The van der Waals surface area contributed by atoms with Crippen LogP contribution in [-0.4, -0.2) is 35.3 Å². The molecule has 0 amide bonds. The normalized spacial score (nSPS) is 17.3. The van der Waals surface area contributed by atoms with Gasteiger partial charge in [-0.1, -0.05) is 18.2 Å². The number of benzene rings is 2. The van der Waals surface area contributed by atoms with Crippen molar-refractivity contribution in [1.29, 1.82) is 0 Å². The van der Waals surface area contributed by atoms with Gasteiger partial charge in [-0.05, 0) is 72.9 Å². The van der Waals surface area contributed by atoms with Crippen molar-refractivity contribution in [1.82, 2.24) is 10.3 Å². The summed E-state index contributed by atoms with van der Waals surface area (Å²) >= 11 is 5.78. The quantitative estimate of drug-likeness (QED) is 0.358. The standard InChI is InChI=1S/C27H24N4O3S/c1-30(2)19-9-11-20(12-10-19)31-25(24(29-27(31)35)21-8-3-4-15-28-21)23-14-13-22(34-23)17-6-5-7-18(16-17)26(32)33/h3-16,24-25H,1-2H3,(H,29,35)(H,32,33)/t24-,25-/m1/s1. The molecule has 176 valence electrons. The third kappa shape index (κ3) is 4.36. The number of hydrogen-bond donors (Lipinski definition) is 2. The van der Waals surface area contributed by atoms with Gasteiger partial charge in [0.05, 0.1) is 17.3 Å². The van der Waals surface area contributed by atoms with Crippen molar-refractivity contribution in [2.45, 2.75) is 12.1 Å². The number of aromatic nitrogens is 1. The van der Waals surface area contributed by atoms with Gasteiger partial charge < -0.3 is 24.6 Å². The lowest BCUT2D eigenvalue weighted by Crippen LogP contribution is -2.29. The second-order valence-electron chi connectivity index (χ2n) is 8.50. The Bertz CT molecular complexity index is 1370. The number of nitrogens with zero attached hydrogens (tertiary/aromatic N) is 3. The Morgan fingerprint density at radius 1 is 1.06 bits per heavy atom. The SMILES string of the molecule is CN(C)c1ccc(N2C(=S)N[C@H](c3ccccn3)[C@H]2c2ccc(-c3cccc(C(=O)O)c3)o2)cc1. The number of carbonyl (C=O) groups is 1. The molecule has 1 saturated heterocycles. The van der Waals surface area contributed by atoms with Crippen LogP contribution in [0.25, 0.3) is 11.3 Å². The summed E-state index contributed by atoms with van der Waals surface area (Å²) in [7, 11) is 4.00. The zero-order chi connectivity index (χ0) is 24.5. The Balaban J connectivity index is 1.57. The first kappa shape index (κ1) is 22.6. The van der Waals surface area contributed by atoms with Crippen molar-refractivity contribution in [3.05, 3.63) is 102 Å². The fraction of sp³-hybridized carbons (Fsp3) is 0.148. The van der Waals surface area contributed by atoms with Crippen LogP contribution in [0.2, 0.25) is 0 Å². The van der Waals surface area contributed by atoms with E-state index in [0.29, 0.717) is 22.2 Å². The first-order valence-corrected chi connectivity index (χ1v) is 11.5. The van der Waals surface area contributed by atoms with Gasteiger partial charge in [0.15, 0.2) is 5.11 Å². The molecular formula is C27H24N4O3S. The van der Waals surface area contributed by atoms with Crippen molar-refractivity contribution in [3.8, 4) is 11.3 Å². The zero-order valence-corrected chi connectivity index (χ0v) is 20.1. The molecule has 2 atom stereocenters. The molecule has 2 N–H and O–H groups in total. The minimum absolute atomic E-state index is 0.207. The smallest absolute Gasteiger partial charge is 0.335 e. The number of nitrogens with one attached hydrogen (secondary N) is 1. The van der Waals surface area contributed by atoms with Crippen molar-refractivity contribution < 1.29 is 14.3 Å². The number of furan rings is 1. The minimum atomic E-state index is -0.980. The Labute approximate surface area is 208 Å². The fourth-order valence-corrected chi connectivity index (χ4v) is 4.65. The van der Waals surface area contributed by atoms with Crippen LogP contribution in [0.1, 0.15) is 33.9 Å². The monoisotopic (exact) mass is 484 g/mol. The van der Waals surface area contributed by atoms with Crippen LogP contribution in [0.5, 0.6) is 0 Å². The Morgan fingerprint density at radius 3 is 2.54 bits per heavy atom. The van der Waals surface area contributed by atoms with Gasteiger partial charge in [0.2, 0.25) is 0 Å². The molecule has 5 rings (SSSR count). The lowest BCUT2D eigenvalue weighted by atomic mass is 10.0. The Morgan fingerprint density at radius 2 is 1.86 bits per heavy atom. The molecule has 7 nitrogen and oxygen atoms in total. The van der Waals surface area contributed by atoms with Crippen LogP contribution in [0, 0.1) is 0 Å². The minimum Gasteiger partial charge on any atom is -0.478 e. The van der Waals surface area contributed by atoms with E-state index < -0.39 is 5.97 Å². The second-order valence-corrected chi connectivity index (χ2v) is 8.88. The lowest BCUT2D eigenvalue weighted by molar-refractivity contribution is 0.0697. The molecule has 1 fully saturated rings. The number of pyridine rings is 1. The molecule has 2 aromatic carbocycles. The van der Waals surface area contributed by atoms with E-state index in [1.165, 1.54) is 0 Å². The molecule has 35 heavy (non-hydrogen) atoms. The highest BCUT2D eigenvalue weighted by molar-refractivity contribution is 7.80. The summed E-state index contributed by atoms with van der Waals surface area (Å²) in [5.41, 5.74) is 3.77. The van der Waals surface area contributed by atoms with Crippen molar-refractivity contribution in [3.63, 3.8) is 0 Å². The maximum atomic E-state index is 11.4. The number of aromatic carboxylic acids is 1. The highest BCUT2D eigenvalue weighted by Gasteiger charge is 2.42. The predicted molar refractivity (Wildman–Crippen MR) is 140 cm³/mol. The number of hydrogen-bond acceptors (Lipinski definition) is 5. The lowest BCUT2D eigenvalue weighted by Gasteiger charge is -2.26. The van der Waals surface area contributed by atoms with E-state index in [1.807, 2.05) is 84.6 Å². The average molecular weight is 485 g/mol. The Hall–Kier alpha value is -4.17. The topological polar surface area (TPSA) is 81.8 Å². The summed E-state index contributed by atoms with van der Waals surface area (Å²) < 4.78 is 6.33. The van der Waals surface area contributed by atoms with Crippen LogP contribution >= 0.6 is 12.2 Å². The average Bonchev–Trinajstić information content (AvgIpc) is 3.49. The van der Waals surface area contributed by atoms with E-state index in [4.69, 9.17) is 16.6 Å². The van der Waals surface area contributed by atoms with E-state index >= 15 is 0 Å². The van der Waals surface area contributed by atoms with Gasteiger partial charge in [-0.15, -0.1) is 0 Å². The van der Waals surface area contributed by atoms with E-state index in [0.717, 1.165) is 17.1 Å². The van der Waals surface area contributed by atoms with Crippen molar-refractivity contribution >= 4 is 34.7 Å². The van der Waals surface area contributed by atoms with Crippen LogP contribution in [-0.2, 0) is 0 Å². The maximum absolute atomic E-state index is 11.4. The number of carboxylic acids is 1. The second kappa shape index (κ2) is 9.23. The molecular weight excluding hydrogens is 460 g/mol. The molecule has 1 aliphatic rings. The molecule has 2 aromatic heterocycles. The number of rotatable bonds is 6. The van der Waals surface area contributed by atoms with Gasteiger partial charge in [-0.2, -0.15) is 0 Å². The van der Waals surface area contributed by atoms with Crippen LogP contribution < -0.4 is 15.1 Å². The molecule has 3 heterocycles. The Kier molecular flexibility index (Phi) is 5.96. The van der Waals surface area contributed by atoms with Gasteiger partial charge in [-0.25, -0.2) is 4.79 Å². The molecule has 0 bridgehead atoms.